The Morgan fingerprint density at radius 2 is 1.33 bits per heavy atom. The molecule has 0 aliphatic heterocycles. The van der Waals surface area contributed by atoms with Gasteiger partial charge in [0.05, 0.1) is 6.61 Å². The summed E-state index contributed by atoms with van der Waals surface area (Å²) in [5.41, 5.74) is 0. The van der Waals surface area contributed by atoms with Crippen molar-refractivity contribution in [2.45, 2.75) is 65.2 Å². The predicted molar refractivity (Wildman–Crippen MR) is 92.0 cm³/mol. The van der Waals surface area contributed by atoms with Gasteiger partial charge in [-0.2, -0.15) is 0 Å². The van der Waals surface area contributed by atoms with Gasteiger partial charge in [-0.05, 0) is 44.4 Å². The van der Waals surface area contributed by atoms with E-state index in [1.165, 1.54) is 0 Å². The topological polar surface area (TPSA) is 82.1 Å². The van der Waals surface area contributed by atoms with Crippen molar-refractivity contribution in [3.05, 3.63) is 0 Å². The Labute approximate surface area is 145 Å². The maximum atomic E-state index is 11.4. The van der Waals surface area contributed by atoms with Crippen molar-refractivity contribution < 1.29 is 28.9 Å². The number of ether oxygens (including phenoxy) is 3. The van der Waals surface area contributed by atoms with E-state index >= 15 is 0 Å². The highest BCUT2D eigenvalue weighted by atomic mass is 16.5. The molecule has 0 aromatic carbocycles. The summed E-state index contributed by atoms with van der Waals surface area (Å²) in [7, 11) is 0. The van der Waals surface area contributed by atoms with Gasteiger partial charge in [0.2, 0.25) is 0 Å². The molecule has 0 heterocycles. The molecule has 24 heavy (non-hydrogen) atoms. The molecule has 6 heteroatoms. The Bertz CT molecular complexity index is 317. The van der Waals surface area contributed by atoms with Gasteiger partial charge in [0.25, 0.3) is 0 Å². The largest absolute Gasteiger partial charge is 0.481 e. The van der Waals surface area contributed by atoms with Gasteiger partial charge < -0.3 is 19.3 Å². The first kappa shape index (κ1) is 22.9. The van der Waals surface area contributed by atoms with Crippen LogP contribution in [-0.4, -0.2) is 50.1 Å². The maximum Gasteiger partial charge on any atom is 0.305 e. The fourth-order valence-corrected chi connectivity index (χ4v) is 1.94. The van der Waals surface area contributed by atoms with Gasteiger partial charge in [0.1, 0.15) is 0 Å². The number of carbonyl (C=O) groups is 2. The first-order chi connectivity index (χ1) is 11.5. The van der Waals surface area contributed by atoms with E-state index in [9.17, 15) is 9.59 Å². The monoisotopic (exact) mass is 346 g/mol. The summed E-state index contributed by atoms with van der Waals surface area (Å²) in [6.07, 6.45) is 5.16. The molecule has 1 N–H and O–H groups in total. The van der Waals surface area contributed by atoms with Crippen molar-refractivity contribution in [3.8, 4) is 0 Å². The molecule has 0 rings (SSSR count). The highest BCUT2D eigenvalue weighted by molar-refractivity contribution is 5.69. The van der Waals surface area contributed by atoms with E-state index in [0.717, 1.165) is 45.5 Å². The van der Waals surface area contributed by atoms with E-state index in [4.69, 9.17) is 19.3 Å². The summed E-state index contributed by atoms with van der Waals surface area (Å²) in [6, 6.07) is 0. The van der Waals surface area contributed by atoms with Crippen molar-refractivity contribution in [1.82, 2.24) is 0 Å². The van der Waals surface area contributed by atoms with Crippen LogP contribution in [0.15, 0.2) is 0 Å². The lowest BCUT2D eigenvalue weighted by Gasteiger charge is -2.07. The average molecular weight is 346 g/mol. The van der Waals surface area contributed by atoms with Crippen LogP contribution in [0.25, 0.3) is 0 Å². The van der Waals surface area contributed by atoms with Crippen LogP contribution >= 0.6 is 0 Å². The summed E-state index contributed by atoms with van der Waals surface area (Å²) in [6.45, 7) is 7.73. The SMILES string of the molecule is CC(C)COCCCCOCCCCOC(=O)CCCCC(=O)O. The van der Waals surface area contributed by atoms with Crippen molar-refractivity contribution in [3.63, 3.8) is 0 Å². The van der Waals surface area contributed by atoms with Crippen LogP contribution in [0.1, 0.15) is 65.2 Å². The number of carboxylic acids is 1. The first-order valence-corrected chi connectivity index (χ1v) is 9.05. The first-order valence-electron chi connectivity index (χ1n) is 9.05. The van der Waals surface area contributed by atoms with E-state index < -0.39 is 5.97 Å². The number of hydrogen-bond acceptors (Lipinski definition) is 5. The highest BCUT2D eigenvalue weighted by Crippen LogP contribution is 2.02. The smallest absolute Gasteiger partial charge is 0.305 e. The minimum Gasteiger partial charge on any atom is -0.481 e. The summed E-state index contributed by atoms with van der Waals surface area (Å²) in [5.74, 6) is -0.491. The Kier molecular flexibility index (Phi) is 15.9. The van der Waals surface area contributed by atoms with Crippen LogP contribution in [0.5, 0.6) is 0 Å². The molecule has 0 fully saturated rings. The van der Waals surface area contributed by atoms with Gasteiger partial charge in [-0.3, -0.25) is 9.59 Å². The molecule has 0 spiro atoms. The number of carboxylic acid groups (broad SMARTS) is 1. The number of rotatable bonds is 17. The standard InChI is InChI=1S/C18H34O6/c1-16(2)15-23-13-6-5-11-22-12-7-8-14-24-18(21)10-4-3-9-17(19)20/h16H,3-15H2,1-2H3,(H,19,20). The Balaban J connectivity index is 3.16. The van der Waals surface area contributed by atoms with Crippen molar-refractivity contribution in [2.75, 3.05) is 33.0 Å². The van der Waals surface area contributed by atoms with E-state index in [0.29, 0.717) is 38.4 Å². The van der Waals surface area contributed by atoms with E-state index in [2.05, 4.69) is 13.8 Å². The molecular formula is C18H34O6. The third kappa shape index (κ3) is 18.9. The Morgan fingerprint density at radius 3 is 1.92 bits per heavy atom. The number of carbonyl (C=O) groups excluding carboxylic acids is 1. The lowest BCUT2D eigenvalue weighted by atomic mass is 10.2. The van der Waals surface area contributed by atoms with Gasteiger partial charge in [-0.1, -0.05) is 13.8 Å². The summed E-state index contributed by atoms with van der Waals surface area (Å²) in [4.78, 5) is 21.7. The van der Waals surface area contributed by atoms with Gasteiger partial charge in [0.15, 0.2) is 0 Å². The number of hydrogen-bond donors (Lipinski definition) is 1. The second kappa shape index (κ2) is 16.7. The lowest BCUT2D eigenvalue weighted by molar-refractivity contribution is -0.144. The third-order valence-corrected chi connectivity index (χ3v) is 3.25. The van der Waals surface area contributed by atoms with Gasteiger partial charge in [-0.15, -0.1) is 0 Å². The summed E-state index contributed by atoms with van der Waals surface area (Å²) in [5, 5.41) is 8.48. The van der Waals surface area contributed by atoms with E-state index in [1.54, 1.807) is 0 Å². The molecule has 0 saturated heterocycles. The third-order valence-electron chi connectivity index (χ3n) is 3.25. The summed E-state index contributed by atoms with van der Waals surface area (Å²) < 4.78 is 16.1. The molecule has 6 nitrogen and oxygen atoms in total. The number of esters is 1. The molecule has 0 aromatic heterocycles. The molecule has 0 radical (unpaired) electrons. The molecule has 0 aliphatic carbocycles. The van der Waals surface area contributed by atoms with Gasteiger partial charge in [-0.25, -0.2) is 0 Å². The molecule has 0 amide bonds. The van der Waals surface area contributed by atoms with Crippen LogP contribution in [0.2, 0.25) is 0 Å². The summed E-state index contributed by atoms with van der Waals surface area (Å²) >= 11 is 0. The Hall–Kier alpha value is -1.14. The molecule has 0 bridgehead atoms. The molecule has 142 valence electrons. The minimum atomic E-state index is -0.827. The zero-order valence-electron chi connectivity index (χ0n) is 15.3. The van der Waals surface area contributed by atoms with E-state index in [-0.39, 0.29) is 12.4 Å². The molecule has 0 unspecified atom stereocenters. The second-order valence-electron chi connectivity index (χ2n) is 6.32. The second-order valence-corrected chi connectivity index (χ2v) is 6.32. The van der Waals surface area contributed by atoms with Crippen LogP contribution < -0.4 is 0 Å². The van der Waals surface area contributed by atoms with Gasteiger partial charge in [0, 0.05) is 39.3 Å². The molecule has 0 aromatic rings. The predicted octanol–water partition coefficient (Wildman–Crippen LogP) is 3.42. The van der Waals surface area contributed by atoms with Crippen molar-refractivity contribution in [1.29, 1.82) is 0 Å². The molecule has 0 atom stereocenters. The fourth-order valence-electron chi connectivity index (χ4n) is 1.94. The lowest BCUT2D eigenvalue weighted by Crippen LogP contribution is -2.07. The average Bonchev–Trinajstić information content (AvgIpc) is 2.52. The normalized spacial score (nSPS) is 11.0. The quantitative estimate of drug-likeness (QED) is 0.321. The highest BCUT2D eigenvalue weighted by Gasteiger charge is 2.04. The zero-order chi connectivity index (χ0) is 18.0. The zero-order valence-corrected chi connectivity index (χ0v) is 15.3. The minimum absolute atomic E-state index is 0.106. The molecular weight excluding hydrogens is 312 g/mol. The maximum absolute atomic E-state index is 11.4. The number of aliphatic carboxylic acids is 1. The number of unbranched alkanes of at least 4 members (excludes halogenated alkanes) is 3. The van der Waals surface area contributed by atoms with Crippen LogP contribution in [0.3, 0.4) is 0 Å². The van der Waals surface area contributed by atoms with Gasteiger partial charge >= 0.3 is 11.9 Å². The van der Waals surface area contributed by atoms with E-state index in [1.807, 2.05) is 0 Å². The fraction of sp³-hybridized carbons (Fsp3) is 0.889. The van der Waals surface area contributed by atoms with Crippen molar-refractivity contribution in [2.24, 2.45) is 5.92 Å². The van der Waals surface area contributed by atoms with Crippen LogP contribution in [0.4, 0.5) is 0 Å². The molecule has 0 saturated carbocycles. The van der Waals surface area contributed by atoms with Crippen LogP contribution in [-0.2, 0) is 23.8 Å². The Morgan fingerprint density at radius 1 is 0.792 bits per heavy atom. The molecule has 0 aliphatic rings. The van der Waals surface area contributed by atoms with Crippen molar-refractivity contribution >= 4 is 11.9 Å². The van der Waals surface area contributed by atoms with Crippen LogP contribution in [0, 0.1) is 5.92 Å².